The van der Waals surface area contributed by atoms with Crippen molar-refractivity contribution in [1.29, 1.82) is 0 Å². The molecular weight excluding hydrogens is 440 g/mol. The van der Waals surface area contributed by atoms with Crippen molar-refractivity contribution in [3.05, 3.63) is 53.5 Å². The first-order valence-corrected chi connectivity index (χ1v) is 13.1. The van der Waals surface area contributed by atoms with E-state index in [1.54, 1.807) is 12.3 Å². The molecule has 9 nitrogen and oxygen atoms in total. The van der Waals surface area contributed by atoms with Crippen LogP contribution in [0.15, 0.2) is 36.7 Å². The molecule has 0 spiro atoms. The summed E-state index contributed by atoms with van der Waals surface area (Å²) in [6.45, 7) is 4.93. The maximum absolute atomic E-state index is 12.5. The number of aliphatic hydroxyl groups is 1. The van der Waals surface area contributed by atoms with Gasteiger partial charge in [-0.15, -0.1) is 0 Å². The number of carbonyl (C=O) groups excluding carboxylic acids is 1. The number of benzene rings is 1. The molecule has 2 aliphatic heterocycles. The van der Waals surface area contributed by atoms with Gasteiger partial charge in [0, 0.05) is 74.7 Å². The van der Waals surface area contributed by atoms with E-state index >= 15 is 0 Å². The molecule has 2 atom stereocenters. The van der Waals surface area contributed by atoms with Crippen molar-refractivity contribution < 1.29 is 14.1 Å². The van der Waals surface area contributed by atoms with Crippen LogP contribution in [0.3, 0.4) is 0 Å². The number of aromatic nitrogens is 2. The SMILES string of the molecule is CS(=O)CCN1CC(Nc2cc(C(=O)NCC(O)CN3CCc4ccccc4C3)ncn2)C1. The lowest BCUT2D eigenvalue weighted by molar-refractivity contribution is 0.0838. The molecule has 0 bridgehead atoms. The van der Waals surface area contributed by atoms with Crippen molar-refractivity contribution in [3.63, 3.8) is 0 Å². The maximum atomic E-state index is 12.5. The summed E-state index contributed by atoms with van der Waals surface area (Å²) in [6.07, 6.45) is 3.41. The largest absolute Gasteiger partial charge is 0.390 e. The Bertz CT molecular complexity index is 984. The Balaban J connectivity index is 1.19. The molecule has 2 unspecified atom stereocenters. The molecule has 0 aliphatic carbocycles. The predicted octanol–water partition coefficient (Wildman–Crippen LogP) is 0.100. The Morgan fingerprint density at radius 2 is 2.03 bits per heavy atom. The van der Waals surface area contributed by atoms with E-state index in [0.29, 0.717) is 18.1 Å². The van der Waals surface area contributed by atoms with E-state index in [-0.39, 0.29) is 24.2 Å². The average molecular weight is 473 g/mol. The van der Waals surface area contributed by atoms with Crippen molar-refractivity contribution in [1.82, 2.24) is 25.1 Å². The van der Waals surface area contributed by atoms with E-state index in [1.165, 1.54) is 17.5 Å². The van der Waals surface area contributed by atoms with Crippen molar-refractivity contribution in [3.8, 4) is 0 Å². The fraction of sp³-hybridized carbons (Fsp3) is 0.522. The van der Waals surface area contributed by atoms with Gasteiger partial charge in [0.2, 0.25) is 0 Å². The average Bonchev–Trinajstić information content (AvgIpc) is 2.78. The molecule has 2 aliphatic rings. The van der Waals surface area contributed by atoms with Gasteiger partial charge >= 0.3 is 0 Å². The number of nitrogens with one attached hydrogen (secondary N) is 2. The fourth-order valence-electron chi connectivity index (χ4n) is 4.24. The van der Waals surface area contributed by atoms with Gasteiger partial charge in [-0.1, -0.05) is 24.3 Å². The number of anilines is 1. The molecule has 0 radical (unpaired) electrons. The molecule has 3 heterocycles. The van der Waals surface area contributed by atoms with Gasteiger partial charge in [0.25, 0.3) is 5.91 Å². The summed E-state index contributed by atoms with van der Waals surface area (Å²) in [4.78, 5) is 25.3. The summed E-state index contributed by atoms with van der Waals surface area (Å²) in [6, 6.07) is 10.3. The highest BCUT2D eigenvalue weighted by atomic mass is 32.2. The minimum atomic E-state index is -0.776. The number of carbonyl (C=O) groups is 1. The Labute approximate surface area is 197 Å². The lowest BCUT2D eigenvalue weighted by atomic mass is 10.00. The number of hydrogen-bond acceptors (Lipinski definition) is 8. The van der Waals surface area contributed by atoms with Gasteiger partial charge in [0.05, 0.1) is 12.1 Å². The van der Waals surface area contributed by atoms with Gasteiger partial charge in [-0.3, -0.25) is 18.8 Å². The first kappa shape index (κ1) is 23.7. The van der Waals surface area contributed by atoms with Crippen LogP contribution >= 0.6 is 0 Å². The van der Waals surface area contributed by atoms with Gasteiger partial charge in [-0.2, -0.15) is 0 Å². The normalized spacial score (nSPS) is 18.7. The summed E-state index contributed by atoms with van der Waals surface area (Å²) in [5.41, 5.74) is 2.94. The number of fused-ring (bicyclic) bond motifs is 1. The Morgan fingerprint density at radius 3 is 2.82 bits per heavy atom. The standard InChI is InChI=1S/C23H32N6O3S/c1-33(32)9-8-29-13-19(14-29)27-22-10-21(25-16-26-22)23(31)24-11-20(30)15-28-7-6-17-4-2-3-5-18(17)12-28/h2-5,10,16,19-20,30H,6-9,11-15H2,1H3,(H,24,31)(H,25,26,27). The molecule has 10 heteroatoms. The second-order valence-corrected chi connectivity index (χ2v) is 10.3. The van der Waals surface area contributed by atoms with E-state index < -0.39 is 16.9 Å². The minimum absolute atomic E-state index is 0.167. The third-order valence-corrected chi connectivity index (χ3v) is 6.84. The van der Waals surface area contributed by atoms with Crippen molar-refractivity contribution in [2.24, 2.45) is 0 Å². The molecule has 1 fully saturated rings. The van der Waals surface area contributed by atoms with Gasteiger partial charge in [-0.05, 0) is 17.5 Å². The third kappa shape index (κ3) is 6.80. The zero-order chi connectivity index (χ0) is 23.2. The second kappa shape index (κ2) is 11.1. The van der Waals surface area contributed by atoms with E-state index in [0.717, 1.165) is 39.1 Å². The summed E-state index contributed by atoms with van der Waals surface area (Å²) in [7, 11) is -0.776. The number of rotatable bonds is 10. The topological polar surface area (TPSA) is 111 Å². The Morgan fingerprint density at radius 1 is 1.24 bits per heavy atom. The molecule has 33 heavy (non-hydrogen) atoms. The molecule has 0 saturated carbocycles. The molecule has 1 amide bonds. The zero-order valence-electron chi connectivity index (χ0n) is 18.9. The summed E-state index contributed by atoms with van der Waals surface area (Å²) in [5, 5.41) is 16.5. The lowest BCUT2D eigenvalue weighted by Gasteiger charge is -2.39. The molecule has 2 aromatic rings. The van der Waals surface area contributed by atoms with Crippen LogP contribution in [0.5, 0.6) is 0 Å². The summed E-state index contributed by atoms with van der Waals surface area (Å²) >= 11 is 0. The Hall–Kier alpha value is -2.40. The van der Waals surface area contributed by atoms with Gasteiger partial charge in [0.1, 0.15) is 17.8 Å². The molecule has 1 aromatic carbocycles. The minimum Gasteiger partial charge on any atom is -0.390 e. The van der Waals surface area contributed by atoms with Crippen LogP contribution in [-0.2, 0) is 23.8 Å². The lowest BCUT2D eigenvalue weighted by Crippen LogP contribution is -2.55. The third-order valence-electron chi connectivity index (χ3n) is 6.08. The van der Waals surface area contributed by atoms with Gasteiger partial charge in [0.15, 0.2) is 0 Å². The molecule has 3 N–H and O–H groups in total. The monoisotopic (exact) mass is 472 g/mol. The number of amides is 1. The van der Waals surface area contributed by atoms with Crippen LogP contribution in [0.4, 0.5) is 5.82 Å². The quantitative estimate of drug-likeness (QED) is 0.447. The molecule has 1 aromatic heterocycles. The van der Waals surface area contributed by atoms with Gasteiger partial charge < -0.3 is 15.7 Å². The van der Waals surface area contributed by atoms with Crippen molar-refractivity contribution >= 4 is 22.5 Å². The van der Waals surface area contributed by atoms with E-state index in [1.807, 2.05) is 6.07 Å². The number of nitrogens with zero attached hydrogens (tertiary/aromatic N) is 4. The first-order chi connectivity index (χ1) is 16.0. The van der Waals surface area contributed by atoms with Crippen LogP contribution in [-0.4, -0.2) is 98.4 Å². The van der Waals surface area contributed by atoms with E-state index in [9.17, 15) is 14.1 Å². The highest BCUT2D eigenvalue weighted by Gasteiger charge is 2.26. The highest BCUT2D eigenvalue weighted by molar-refractivity contribution is 7.84. The van der Waals surface area contributed by atoms with Crippen molar-refractivity contribution in [2.75, 3.05) is 56.6 Å². The molecule has 1 saturated heterocycles. The van der Waals surface area contributed by atoms with Crippen LogP contribution in [0, 0.1) is 0 Å². The zero-order valence-corrected chi connectivity index (χ0v) is 19.8. The van der Waals surface area contributed by atoms with Crippen molar-refractivity contribution in [2.45, 2.75) is 25.1 Å². The molecular formula is C23H32N6O3S. The van der Waals surface area contributed by atoms with Crippen LogP contribution in [0.2, 0.25) is 0 Å². The van der Waals surface area contributed by atoms with Crippen LogP contribution in [0.25, 0.3) is 0 Å². The van der Waals surface area contributed by atoms with Crippen LogP contribution < -0.4 is 10.6 Å². The first-order valence-electron chi connectivity index (χ1n) is 11.3. The smallest absolute Gasteiger partial charge is 0.270 e. The van der Waals surface area contributed by atoms with Gasteiger partial charge in [-0.25, -0.2) is 9.97 Å². The summed E-state index contributed by atoms with van der Waals surface area (Å²) in [5.74, 6) is 0.956. The second-order valence-electron chi connectivity index (χ2n) is 8.78. The number of hydrogen-bond donors (Lipinski definition) is 3. The molecule has 4 rings (SSSR count). The predicted molar refractivity (Wildman–Crippen MR) is 129 cm³/mol. The Kier molecular flexibility index (Phi) is 8.02. The number of β-amino-alcohol motifs (C(OH)–C–C–N with tert-alkyl or cyclic N) is 1. The van der Waals surface area contributed by atoms with Crippen LogP contribution in [0.1, 0.15) is 21.6 Å². The summed E-state index contributed by atoms with van der Waals surface area (Å²) < 4.78 is 11.2. The highest BCUT2D eigenvalue weighted by Crippen LogP contribution is 2.18. The fourth-order valence-corrected chi connectivity index (χ4v) is 4.76. The number of likely N-dealkylation sites (tertiary alicyclic amines) is 1. The maximum Gasteiger partial charge on any atom is 0.270 e. The van der Waals surface area contributed by atoms with E-state index in [2.05, 4.69) is 48.6 Å². The molecule has 178 valence electrons. The van der Waals surface area contributed by atoms with E-state index in [4.69, 9.17) is 0 Å². The number of aliphatic hydroxyl groups excluding tert-OH is 1.